The largest absolute Gasteiger partial charge is 0.338 e. The van der Waals surface area contributed by atoms with Gasteiger partial charge in [0.25, 0.3) is 0 Å². The van der Waals surface area contributed by atoms with E-state index in [-0.39, 0.29) is 18.5 Å². The van der Waals surface area contributed by atoms with Crippen LogP contribution in [0.15, 0.2) is 42.5 Å². The molecule has 1 aliphatic rings. The molecule has 29 heavy (non-hydrogen) atoms. The summed E-state index contributed by atoms with van der Waals surface area (Å²) in [5.74, 6) is 0.0948. The van der Waals surface area contributed by atoms with Crippen LogP contribution in [0.2, 0.25) is 0 Å². The smallest absolute Gasteiger partial charge is 0.319 e. The Morgan fingerprint density at radius 1 is 1.07 bits per heavy atom. The van der Waals surface area contributed by atoms with Crippen LogP contribution in [0, 0.1) is 11.6 Å². The Labute approximate surface area is 167 Å². The fraction of sp³-hybridized carbons (Fsp3) is 0.286. The highest BCUT2D eigenvalue weighted by molar-refractivity contribution is 5.89. The highest BCUT2D eigenvalue weighted by Crippen LogP contribution is 2.24. The molecule has 0 saturated carbocycles. The number of carbonyl (C=O) groups is 1. The Kier molecular flexibility index (Phi) is 5.50. The van der Waals surface area contributed by atoms with Gasteiger partial charge in [-0.25, -0.2) is 13.6 Å². The van der Waals surface area contributed by atoms with Gasteiger partial charge in [-0.15, -0.1) is 10.2 Å². The van der Waals surface area contributed by atoms with Crippen molar-refractivity contribution in [2.75, 3.05) is 11.9 Å². The van der Waals surface area contributed by atoms with E-state index in [4.69, 9.17) is 0 Å². The Morgan fingerprint density at radius 3 is 2.72 bits per heavy atom. The van der Waals surface area contributed by atoms with E-state index < -0.39 is 17.7 Å². The molecule has 1 aromatic heterocycles. The minimum absolute atomic E-state index is 0.191. The lowest BCUT2D eigenvalue weighted by Crippen LogP contribution is -2.30. The van der Waals surface area contributed by atoms with E-state index >= 15 is 0 Å². The number of aromatic nitrogens is 3. The molecule has 0 saturated heterocycles. The zero-order valence-corrected chi connectivity index (χ0v) is 15.8. The third kappa shape index (κ3) is 4.26. The van der Waals surface area contributed by atoms with Crippen molar-refractivity contribution in [3.8, 4) is 11.4 Å². The molecule has 0 radical (unpaired) electrons. The number of amides is 2. The number of nitrogens with zero attached hydrogens (tertiary/aromatic N) is 3. The number of carbonyl (C=O) groups excluding carboxylic acids is 1. The summed E-state index contributed by atoms with van der Waals surface area (Å²) in [4.78, 5) is 12.0. The van der Waals surface area contributed by atoms with Crippen molar-refractivity contribution in [3.63, 3.8) is 0 Å². The first kappa shape index (κ1) is 19.0. The number of benzene rings is 2. The average molecular weight is 397 g/mol. The molecule has 0 aliphatic carbocycles. The Hall–Kier alpha value is -3.29. The van der Waals surface area contributed by atoms with E-state index in [1.54, 1.807) is 12.1 Å². The normalized spacial score (nSPS) is 13.0. The van der Waals surface area contributed by atoms with E-state index in [1.165, 1.54) is 12.1 Å². The molecule has 0 unspecified atom stereocenters. The van der Waals surface area contributed by atoms with E-state index in [0.717, 1.165) is 49.1 Å². The second kappa shape index (κ2) is 8.38. The van der Waals surface area contributed by atoms with E-state index in [9.17, 15) is 13.6 Å². The van der Waals surface area contributed by atoms with Crippen LogP contribution in [-0.4, -0.2) is 27.3 Å². The van der Waals surface area contributed by atoms with Crippen LogP contribution in [0.3, 0.4) is 0 Å². The van der Waals surface area contributed by atoms with E-state index in [1.807, 2.05) is 12.1 Å². The number of hydrogen-bond acceptors (Lipinski definition) is 3. The SMILES string of the molecule is O=C(NCCc1cccc(F)c1F)Nc1ccc(-c2nnc3n2CCCC3)cc1. The van der Waals surface area contributed by atoms with Gasteiger partial charge < -0.3 is 15.2 Å². The van der Waals surface area contributed by atoms with Crippen molar-refractivity contribution in [2.24, 2.45) is 0 Å². The standard InChI is InChI=1S/C21H21F2N5O/c22-17-5-3-4-14(19(17)23)11-12-24-21(29)25-16-9-7-15(8-10-16)20-27-26-18-6-1-2-13-28(18)20/h3-5,7-10H,1-2,6,11-13H2,(H2,24,25,29). The lowest BCUT2D eigenvalue weighted by Gasteiger charge is -2.14. The van der Waals surface area contributed by atoms with Crippen molar-refractivity contribution >= 4 is 11.7 Å². The molecule has 6 nitrogen and oxygen atoms in total. The number of halogens is 2. The number of hydrogen-bond donors (Lipinski definition) is 2. The number of nitrogens with one attached hydrogen (secondary N) is 2. The maximum Gasteiger partial charge on any atom is 0.319 e. The molecule has 2 heterocycles. The monoisotopic (exact) mass is 397 g/mol. The van der Waals surface area contributed by atoms with Gasteiger partial charge in [0.2, 0.25) is 0 Å². The highest BCUT2D eigenvalue weighted by Gasteiger charge is 2.16. The first-order chi connectivity index (χ1) is 14.1. The molecule has 2 amide bonds. The van der Waals surface area contributed by atoms with Gasteiger partial charge in [0, 0.05) is 30.8 Å². The summed E-state index contributed by atoms with van der Waals surface area (Å²) >= 11 is 0. The molecule has 1 aliphatic heterocycles. The summed E-state index contributed by atoms with van der Waals surface area (Å²) in [6.07, 6.45) is 3.42. The molecular weight excluding hydrogens is 376 g/mol. The Balaban J connectivity index is 1.32. The molecule has 0 fully saturated rings. The van der Waals surface area contributed by atoms with Gasteiger partial charge in [-0.2, -0.15) is 0 Å². The van der Waals surface area contributed by atoms with Crippen LogP contribution in [0.1, 0.15) is 24.2 Å². The lowest BCUT2D eigenvalue weighted by molar-refractivity contribution is 0.252. The van der Waals surface area contributed by atoms with Crippen molar-refractivity contribution in [3.05, 3.63) is 65.5 Å². The molecule has 2 aromatic carbocycles. The average Bonchev–Trinajstić information content (AvgIpc) is 3.16. The first-order valence-electron chi connectivity index (χ1n) is 9.62. The third-order valence-electron chi connectivity index (χ3n) is 4.97. The van der Waals surface area contributed by atoms with Gasteiger partial charge in [0.1, 0.15) is 5.82 Å². The predicted molar refractivity (Wildman–Crippen MR) is 105 cm³/mol. The number of anilines is 1. The van der Waals surface area contributed by atoms with E-state index in [2.05, 4.69) is 25.4 Å². The molecule has 0 spiro atoms. The molecule has 2 N–H and O–H groups in total. The zero-order chi connectivity index (χ0) is 20.2. The first-order valence-corrected chi connectivity index (χ1v) is 9.62. The topological polar surface area (TPSA) is 71.8 Å². The minimum atomic E-state index is -0.888. The Bertz CT molecular complexity index is 1020. The number of rotatable bonds is 5. The second-order valence-electron chi connectivity index (χ2n) is 6.97. The highest BCUT2D eigenvalue weighted by atomic mass is 19.2. The van der Waals surface area contributed by atoms with Gasteiger partial charge >= 0.3 is 6.03 Å². The number of aryl methyl sites for hydroxylation is 1. The molecule has 8 heteroatoms. The maximum atomic E-state index is 13.6. The van der Waals surface area contributed by atoms with Crippen molar-refractivity contribution in [2.45, 2.75) is 32.2 Å². The zero-order valence-electron chi connectivity index (χ0n) is 15.8. The summed E-state index contributed by atoms with van der Waals surface area (Å²) in [7, 11) is 0. The van der Waals surface area contributed by atoms with Crippen LogP contribution < -0.4 is 10.6 Å². The maximum absolute atomic E-state index is 13.6. The number of fused-ring (bicyclic) bond motifs is 1. The third-order valence-corrected chi connectivity index (χ3v) is 4.97. The van der Waals surface area contributed by atoms with Crippen LogP contribution in [0.5, 0.6) is 0 Å². The van der Waals surface area contributed by atoms with Crippen molar-refractivity contribution in [1.82, 2.24) is 20.1 Å². The van der Waals surface area contributed by atoms with Gasteiger partial charge in [0.05, 0.1) is 0 Å². The van der Waals surface area contributed by atoms with Crippen LogP contribution in [0.4, 0.5) is 19.3 Å². The van der Waals surface area contributed by atoms with Crippen LogP contribution in [-0.2, 0) is 19.4 Å². The summed E-state index contributed by atoms with van der Waals surface area (Å²) < 4.78 is 29.0. The minimum Gasteiger partial charge on any atom is -0.338 e. The quantitative estimate of drug-likeness (QED) is 0.685. The van der Waals surface area contributed by atoms with Gasteiger partial charge in [-0.3, -0.25) is 0 Å². The van der Waals surface area contributed by atoms with Crippen molar-refractivity contribution in [1.29, 1.82) is 0 Å². The summed E-state index contributed by atoms with van der Waals surface area (Å²) in [6, 6.07) is 11.0. The summed E-state index contributed by atoms with van der Waals surface area (Å²) in [5, 5.41) is 13.9. The fourth-order valence-corrected chi connectivity index (χ4v) is 3.45. The fourth-order valence-electron chi connectivity index (χ4n) is 3.45. The van der Waals surface area contributed by atoms with Gasteiger partial charge in [0.15, 0.2) is 17.5 Å². The second-order valence-corrected chi connectivity index (χ2v) is 6.97. The number of urea groups is 1. The lowest BCUT2D eigenvalue weighted by atomic mass is 10.1. The molecular formula is C21H21F2N5O. The molecule has 4 rings (SSSR count). The molecule has 150 valence electrons. The summed E-state index contributed by atoms with van der Waals surface area (Å²) in [5.41, 5.74) is 1.80. The van der Waals surface area contributed by atoms with Crippen LogP contribution in [0.25, 0.3) is 11.4 Å². The Morgan fingerprint density at radius 2 is 1.90 bits per heavy atom. The van der Waals surface area contributed by atoms with Crippen LogP contribution >= 0.6 is 0 Å². The van der Waals surface area contributed by atoms with Gasteiger partial charge in [-0.1, -0.05) is 12.1 Å². The van der Waals surface area contributed by atoms with Gasteiger partial charge in [-0.05, 0) is 55.2 Å². The molecule has 0 atom stereocenters. The molecule has 3 aromatic rings. The summed E-state index contributed by atoms with van der Waals surface area (Å²) in [6.45, 7) is 1.11. The van der Waals surface area contributed by atoms with E-state index in [0.29, 0.717) is 5.69 Å². The predicted octanol–water partition coefficient (Wildman–Crippen LogP) is 3.92. The van der Waals surface area contributed by atoms with Crippen molar-refractivity contribution < 1.29 is 13.6 Å². The molecule has 0 bridgehead atoms.